The first-order valence-electron chi connectivity index (χ1n) is 7.82. The average molecular weight is 336 g/mol. The second kappa shape index (κ2) is 8.15. The summed E-state index contributed by atoms with van der Waals surface area (Å²) in [5.41, 5.74) is 2.36. The van der Waals surface area contributed by atoms with Crippen LogP contribution >= 0.6 is 0 Å². The second-order valence-corrected chi connectivity index (χ2v) is 5.59. The summed E-state index contributed by atoms with van der Waals surface area (Å²) < 4.78 is 4.86. The lowest BCUT2D eigenvalue weighted by atomic mass is 9.92. The second-order valence-electron chi connectivity index (χ2n) is 5.59. The van der Waals surface area contributed by atoms with Gasteiger partial charge in [0.15, 0.2) is 5.78 Å². The van der Waals surface area contributed by atoms with Crippen LogP contribution in [0.4, 0.5) is 5.69 Å². The first-order chi connectivity index (χ1) is 11.9. The maximum absolute atomic E-state index is 12.2. The number of ether oxygens (including phenoxy) is 1. The van der Waals surface area contributed by atoms with Gasteiger partial charge in [0.1, 0.15) is 5.92 Å². The third-order valence-electron chi connectivity index (χ3n) is 3.81. The zero-order chi connectivity index (χ0) is 18.4. The van der Waals surface area contributed by atoms with Gasteiger partial charge in [-0.1, -0.05) is 42.5 Å². The summed E-state index contributed by atoms with van der Waals surface area (Å²) in [7, 11) is 1.29. The SMILES string of the molecule is COC(=O)C(C(=N)c1ccc(C(C)=O)cc1)C(C)=Nc1ccccc1. The summed E-state index contributed by atoms with van der Waals surface area (Å²) in [6.07, 6.45) is 0. The maximum atomic E-state index is 12.2. The van der Waals surface area contributed by atoms with E-state index < -0.39 is 11.9 Å². The van der Waals surface area contributed by atoms with Crippen molar-refractivity contribution in [2.45, 2.75) is 13.8 Å². The standard InChI is InChI=1S/C20H20N2O3/c1-13(22-17-7-5-4-6-8-17)18(20(24)25-3)19(21)16-11-9-15(10-12-16)14(2)23/h4-12,18,21H,1-3H3. The van der Waals surface area contributed by atoms with Crippen LogP contribution < -0.4 is 0 Å². The van der Waals surface area contributed by atoms with Crippen LogP contribution in [0.5, 0.6) is 0 Å². The van der Waals surface area contributed by atoms with Gasteiger partial charge < -0.3 is 10.1 Å². The molecule has 0 spiro atoms. The molecule has 5 heteroatoms. The summed E-state index contributed by atoms with van der Waals surface area (Å²) >= 11 is 0. The Hall–Kier alpha value is -3.08. The number of esters is 1. The first-order valence-corrected chi connectivity index (χ1v) is 7.82. The lowest BCUT2D eigenvalue weighted by molar-refractivity contribution is -0.141. The van der Waals surface area contributed by atoms with E-state index in [9.17, 15) is 9.59 Å². The number of benzene rings is 2. The summed E-state index contributed by atoms with van der Waals surface area (Å²) in [6.45, 7) is 3.18. The molecule has 0 fully saturated rings. The fraction of sp³-hybridized carbons (Fsp3) is 0.200. The molecular weight excluding hydrogens is 316 g/mol. The van der Waals surface area contributed by atoms with Crippen molar-refractivity contribution in [2.75, 3.05) is 7.11 Å². The number of Topliss-reactive ketones (excluding diaryl/α,β-unsaturated/α-hetero) is 1. The molecule has 0 bridgehead atoms. The Labute approximate surface area is 146 Å². The summed E-state index contributed by atoms with van der Waals surface area (Å²) in [5.74, 6) is -1.50. The Morgan fingerprint density at radius 1 is 0.960 bits per heavy atom. The molecule has 25 heavy (non-hydrogen) atoms. The molecule has 2 aromatic rings. The zero-order valence-corrected chi connectivity index (χ0v) is 14.4. The number of rotatable bonds is 6. The Morgan fingerprint density at radius 2 is 1.52 bits per heavy atom. The van der Waals surface area contributed by atoms with E-state index in [1.807, 2.05) is 30.3 Å². The van der Waals surface area contributed by atoms with Crippen LogP contribution in [0.1, 0.15) is 29.8 Å². The van der Waals surface area contributed by atoms with Crippen LogP contribution in [0.2, 0.25) is 0 Å². The summed E-state index contributed by atoms with van der Waals surface area (Å²) in [4.78, 5) is 28.1. The van der Waals surface area contributed by atoms with Gasteiger partial charge in [-0.3, -0.25) is 14.6 Å². The largest absolute Gasteiger partial charge is 0.468 e. The molecule has 0 saturated heterocycles. The zero-order valence-electron chi connectivity index (χ0n) is 14.4. The molecule has 0 aliphatic rings. The van der Waals surface area contributed by atoms with Gasteiger partial charge in [-0.15, -0.1) is 0 Å². The van der Waals surface area contributed by atoms with E-state index in [2.05, 4.69) is 4.99 Å². The van der Waals surface area contributed by atoms with Crippen molar-refractivity contribution in [3.8, 4) is 0 Å². The molecule has 0 heterocycles. The molecule has 1 unspecified atom stereocenters. The monoisotopic (exact) mass is 336 g/mol. The molecular formula is C20H20N2O3. The number of nitrogens with one attached hydrogen (secondary N) is 1. The van der Waals surface area contributed by atoms with Gasteiger partial charge in [-0.05, 0) is 31.5 Å². The number of ketones is 1. The van der Waals surface area contributed by atoms with Crippen molar-refractivity contribution in [1.29, 1.82) is 5.41 Å². The van der Waals surface area contributed by atoms with E-state index in [0.29, 0.717) is 22.5 Å². The van der Waals surface area contributed by atoms with Crippen LogP contribution in [0.25, 0.3) is 0 Å². The highest BCUT2D eigenvalue weighted by Gasteiger charge is 2.28. The van der Waals surface area contributed by atoms with Crippen LogP contribution in [-0.2, 0) is 9.53 Å². The fourth-order valence-corrected chi connectivity index (χ4v) is 2.44. The van der Waals surface area contributed by atoms with Crippen molar-refractivity contribution < 1.29 is 14.3 Å². The molecule has 5 nitrogen and oxygen atoms in total. The smallest absolute Gasteiger partial charge is 0.320 e. The van der Waals surface area contributed by atoms with Crippen molar-refractivity contribution in [1.82, 2.24) is 0 Å². The maximum Gasteiger partial charge on any atom is 0.320 e. The number of para-hydroxylation sites is 1. The van der Waals surface area contributed by atoms with E-state index in [0.717, 1.165) is 0 Å². The minimum Gasteiger partial charge on any atom is -0.468 e. The number of nitrogens with zero attached hydrogens (tertiary/aromatic N) is 1. The van der Waals surface area contributed by atoms with Crippen molar-refractivity contribution in [3.63, 3.8) is 0 Å². The Balaban J connectivity index is 2.36. The van der Waals surface area contributed by atoms with Gasteiger partial charge in [-0.25, -0.2) is 0 Å². The molecule has 0 saturated carbocycles. The summed E-state index contributed by atoms with van der Waals surface area (Å²) in [5, 5.41) is 8.43. The molecule has 0 aliphatic carbocycles. The molecule has 0 aromatic heterocycles. The Morgan fingerprint density at radius 3 is 2.04 bits per heavy atom. The Kier molecular flexibility index (Phi) is 5.95. The minimum atomic E-state index is -0.909. The minimum absolute atomic E-state index is 0.0515. The molecule has 1 N–H and O–H groups in total. The highest BCUT2D eigenvalue weighted by molar-refractivity contribution is 6.24. The van der Waals surface area contributed by atoms with E-state index >= 15 is 0 Å². The lowest BCUT2D eigenvalue weighted by Crippen LogP contribution is -2.31. The predicted octanol–water partition coefficient (Wildman–Crippen LogP) is 3.84. The number of carbonyl (C=O) groups is 2. The number of aliphatic imine (C=N–C) groups is 1. The molecule has 1 atom stereocenters. The molecule has 0 radical (unpaired) electrons. The number of hydrogen-bond donors (Lipinski definition) is 1. The lowest BCUT2D eigenvalue weighted by Gasteiger charge is -2.16. The van der Waals surface area contributed by atoms with Gasteiger partial charge in [0.25, 0.3) is 0 Å². The highest BCUT2D eigenvalue weighted by Crippen LogP contribution is 2.18. The van der Waals surface area contributed by atoms with Crippen LogP contribution in [0.15, 0.2) is 59.6 Å². The number of methoxy groups -OCH3 is 1. The topological polar surface area (TPSA) is 79.6 Å². The van der Waals surface area contributed by atoms with E-state index in [1.54, 1.807) is 31.2 Å². The third kappa shape index (κ3) is 4.47. The van der Waals surface area contributed by atoms with Crippen molar-refractivity contribution in [2.24, 2.45) is 10.9 Å². The fourth-order valence-electron chi connectivity index (χ4n) is 2.44. The first kappa shape index (κ1) is 18.3. The predicted molar refractivity (Wildman–Crippen MR) is 98.0 cm³/mol. The number of hydrogen-bond acceptors (Lipinski definition) is 5. The number of carbonyl (C=O) groups excluding carboxylic acids is 2. The van der Waals surface area contributed by atoms with Gasteiger partial charge in [0.2, 0.25) is 0 Å². The van der Waals surface area contributed by atoms with E-state index in [-0.39, 0.29) is 11.5 Å². The van der Waals surface area contributed by atoms with Crippen LogP contribution in [0.3, 0.4) is 0 Å². The van der Waals surface area contributed by atoms with Gasteiger partial charge in [-0.2, -0.15) is 0 Å². The molecule has 0 amide bonds. The molecule has 2 aromatic carbocycles. The molecule has 0 aliphatic heterocycles. The highest BCUT2D eigenvalue weighted by atomic mass is 16.5. The van der Waals surface area contributed by atoms with Gasteiger partial charge in [0.05, 0.1) is 18.5 Å². The third-order valence-corrected chi connectivity index (χ3v) is 3.81. The normalized spacial score (nSPS) is 12.4. The molecule has 128 valence electrons. The molecule has 2 rings (SSSR count). The summed E-state index contributed by atoms with van der Waals surface area (Å²) in [6, 6.07) is 15.8. The van der Waals surface area contributed by atoms with E-state index in [1.165, 1.54) is 14.0 Å². The van der Waals surface area contributed by atoms with Crippen LogP contribution in [0, 0.1) is 11.3 Å². The van der Waals surface area contributed by atoms with Crippen molar-refractivity contribution in [3.05, 3.63) is 65.7 Å². The average Bonchev–Trinajstić information content (AvgIpc) is 2.62. The quantitative estimate of drug-likeness (QED) is 0.494. The van der Waals surface area contributed by atoms with Crippen molar-refractivity contribution >= 4 is 28.9 Å². The van der Waals surface area contributed by atoms with Gasteiger partial charge >= 0.3 is 5.97 Å². The Bertz CT molecular complexity index is 809. The van der Waals surface area contributed by atoms with E-state index in [4.69, 9.17) is 10.1 Å². The van der Waals surface area contributed by atoms with Gasteiger partial charge in [0, 0.05) is 11.3 Å². The van der Waals surface area contributed by atoms with Crippen LogP contribution in [-0.4, -0.2) is 30.3 Å².